The van der Waals surface area contributed by atoms with Gasteiger partial charge in [0.1, 0.15) is 11.6 Å². The quantitative estimate of drug-likeness (QED) is 0.831. The van der Waals surface area contributed by atoms with Gasteiger partial charge in [0.15, 0.2) is 0 Å². The predicted octanol–water partition coefficient (Wildman–Crippen LogP) is 2.78. The third-order valence-corrected chi connectivity index (χ3v) is 2.18. The number of para-hydroxylation sites is 1. The molecule has 2 rings (SSSR count). The first-order valence-electron chi connectivity index (χ1n) is 5.05. The van der Waals surface area contributed by atoms with Gasteiger partial charge in [0.25, 0.3) is 0 Å². The van der Waals surface area contributed by atoms with Gasteiger partial charge in [0.05, 0.1) is 18.5 Å². The van der Waals surface area contributed by atoms with Crippen LogP contribution < -0.4 is 4.74 Å². The Labute approximate surface area is 89.1 Å². The van der Waals surface area contributed by atoms with E-state index in [0.29, 0.717) is 6.61 Å². The monoisotopic (exact) mass is 202 g/mol. The largest absolute Gasteiger partial charge is 0.493 e. The summed E-state index contributed by atoms with van der Waals surface area (Å²) in [5.41, 5.74) is 2.05. The van der Waals surface area contributed by atoms with Crippen LogP contribution in [0.25, 0.3) is 11.3 Å². The smallest absolute Gasteiger partial charge is 0.128 e. The van der Waals surface area contributed by atoms with Crippen LogP contribution in [0.3, 0.4) is 0 Å². The normalized spacial score (nSPS) is 10.3. The van der Waals surface area contributed by atoms with Crippen molar-refractivity contribution in [3.63, 3.8) is 0 Å². The molecule has 1 aromatic heterocycles. The third-order valence-electron chi connectivity index (χ3n) is 2.18. The number of imidazole rings is 1. The number of aromatic nitrogens is 2. The fourth-order valence-corrected chi connectivity index (χ4v) is 1.53. The summed E-state index contributed by atoms with van der Waals surface area (Å²) in [7, 11) is 0. The summed E-state index contributed by atoms with van der Waals surface area (Å²) in [6, 6.07) is 7.96. The number of aromatic amines is 1. The van der Waals surface area contributed by atoms with Crippen molar-refractivity contribution in [2.75, 3.05) is 6.61 Å². The summed E-state index contributed by atoms with van der Waals surface area (Å²) in [6.07, 6.45) is 1.83. The molecule has 0 radical (unpaired) electrons. The fourth-order valence-electron chi connectivity index (χ4n) is 1.53. The number of nitrogens with one attached hydrogen (secondary N) is 1. The summed E-state index contributed by atoms with van der Waals surface area (Å²) >= 11 is 0. The van der Waals surface area contributed by atoms with E-state index in [9.17, 15) is 0 Å². The molecule has 0 atom stereocenters. The molecule has 3 nitrogen and oxygen atoms in total. The van der Waals surface area contributed by atoms with Crippen LogP contribution in [0.2, 0.25) is 0 Å². The maximum absolute atomic E-state index is 5.55. The number of aryl methyl sites for hydroxylation is 1. The van der Waals surface area contributed by atoms with Crippen LogP contribution >= 0.6 is 0 Å². The van der Waals surface area contributed by atoms with Crippen molar-refractivity contribution in [3.8, 4) is 17.0 Å². The lowest BCUT2D eigenvalue weighted by molar-refractivity contribution is 0.341. The van der Waals surface area contributed by atoms with Crippen LogP contribution in [0.4, 0.5) is 0 Å². The number of rotatable bonds is 3. The number of benzene rings is 1. The summed E-state index contributed by atoms with van der Waals surface area (Å²) in [5, 5.41) is 0. The third kappa shape index (κ3) is 2.01. The van der Waals surface area contributed by atoms with Gasteiger partial charge in [-0.25, -0.2) is 4.98 Å². The van der Waals surface area contributed by atoms with Gasteiger partial charge >= 0.3 is 0 Å². The Morgan fingerprint density at radius 1 is 1.33 bits per heavy atom. The molecule has 3 heteroatoms. The molecule has 0 saturated heterocycles. The Morgan fingerprint density at radius 3 is 2.80 bits per heavy atom. The second kappa shape index (κ2) is 4.17. The van der Waals surface area contributed by atoms with Gasteiger partial charge in [-0.2, -0.15) is 0 Å². The van der Waals surface area contributed by atoms with Crippen molar-refractivity contribution in [3.05, 3.63) is 36.3 Å². The molecule has 1 N–H and O–H groups in total. The molecule has 2 aromatic rings. The average Bonchev–Trinajstić information content (AvgIpc) is 2.66. The van der Waals surface area contributed by atoms with E-state index in [1.54, 1.807) is 0 Å². The highest BCUT2D eigenvalue weighted by Gasteiger charge is 2.06. The highest BCUT2D eigenvalue weighted by atomic mass is 16.5. The van der Waals surface area contributed by atoms with Crippen LogP contribution in [0.5, 0.6) is 5.75 Å². The lowest BCUT2D eigenvalue weighted by Crippen LogP contribution is -1.93. The van der Waals surface area contributed by atoms with Crippen LogP contribution in [-0.2, 0) is 0 Å². The first-order valence-corrected chi connectivity index (χ1v) is 5.05. The molecule has 15 heavy (non-hydrogen) atoms. The van der Waals surface area contributed by atoms with E-state index in [-0.39, 0.29) is 0 Å². The van der Waals surface area contributed by atoms with E-state index in [2.05, 4.69) is 9.97 Å². The Kier molecular flexibility index (Phi) is 2.72. The molecule has 1 aromatic carbocycles. The van der Waals surface area contributed by atoms with E-state index in [0.717, 1.165) is 22.8 Å². The maximum atomic E-state index is 5.55. The van der Waals surface area contributed by atoms with Gasteiger partial charge in [-0.15, -0.1) is 0 Å². The summed E-state index contributed by atoms with van der Waals surface area (Å²) in [6.45, 7) is 4.59. The molecule has 0 aliphatic rings. The predicted molar refractivity (Wildman–Crippen MR) is 59.9 cm³/mol. The molecule has 0 bridgehead atoms. The standard InChI is InChI=1S/C12H14N2O/c1-3-15-12-7-5-4-6-10(12)11-8-13-9(2)14-11/h4-8H,3H2,1-2H3,(H,13,14). The topological polar surface area (TPSA) is 37.9 Å². The molecule has 78 valence electrons. The van der Waals surface area contributed by atoms with E-state index in [4.69, 9.17) is 4.74 Å². The average molecular weight is 202 g/mol. The molecule has 0 aliphatic carbocycles. The number of hydrogen-bond acceptors (Lipinski definition) is 2. The minimum absolute atomic E-state index is 0.671. The van der Waals surface area contributed by atoms with Crippen LogP contribution in [0, 0.1) is 6.92 Å². The van der Waals surface area contributed by atoms with Gasteiger partial charge in [-0.1, -0.05) is 12.1 Å². The van der Waals surface area contributed by atoms with Crippen molar-refractivity contribution in [2.24, 2.45) is 0 Å². The lowest BCUT2D eigenvalue weighted by Gasteiger charge is -2.07. The van der Waals surface area contributed by atoms with Crippen molar-refractivity contribution in [1.82, 2.24) is 9.97 Å². The summed E-state index contributed by atoms with van der Waals surface area (Å²) in [4.78, 5) is 7.38. The minimum Gasteiger partial charge on any atom is -0.493 e. The SMILES string of the molecule is CCOc1ccccc1-c1cnc(C)[nH]1. The van der Waals surface area contributed by atoms with E-state index >= 15 is 0 Å². The van der Waals surface area contributed by atoms with Gasteiger partial charge in [0, 0.05) is 5.56 Å². The number of H-pyrrole nitrogens is 1. The number of ether oxygens (including phenoxy) is 1. The van der Waals surface area contributed by atoms with Crippen molar-refractivity contribution in [1.29, 1.82) is 0 Å². The van der Waals surface area contributed by atoms with E-state index in [1.165, 1.54) is 0 Å². The van der Waals surface area contributed by atoms with Gasteiger partial charge in [-0.3, -0.25) is 0 Å². The van der Waals surface area contributed by atoms with E-state index in [1.807, 2.05) is 44.3 Å². The molecule has 0 spiro atoms. The maximum Gasteiger partial charge on any atom is 0.128 e. The second-order valence-electron chi connectivity index (χ2n) is 3.31. The molecule has 0 fully saturated rings. The van der Waals surface area contributed by atoms with Crippen LogP contribution in [0.1, 0.15) is 12.7 Å². The second-order valence-corrected chi connectivity index (χ2v) is 3.31. The Bertz CT molecular complexity index is 448. The van der Waals surface area contributed by atoms with Crippen LogP contribution in [-0.4, -0.2) is 16.6 Å². The fraction of sp³-hybridized carbons (Fsp3) is 0.250. The highest BCUT2D eigenvalue weighted by Crippen LogP contribution is 2.28. The summed E-state index contributed by atoms with van der Waals surface area (Å²) < 4.78 is 5.55. The molecule has 0 saturated carbocycles. The highest BCUT2D eigenvalue weighted by molar-refractivity contribution is 5.66. The van der Waals surface area contributed by atoms with Gasteiger partial charge < -0.3 is 9.72 Å². The lowest BCUT2D eigenvalue weighted by atomic mass is 10.1. The van der Waals surface area contributed by atoms with Gasteiger partial charge in [0.2, 0.25) is 0 Å². The molecule has 0 aliphatic heterocycles. The zero-order valence-electron chi connectivity index (χ0n) is 8.95. The van der Waals surface area contributed by atoms with Crippen molar-refractivity contribution >= 4 is 0 Å². The zero-order chi connectivity index (χ0) is 10.7. The number of nitrogens with zero attached hydrogens (tertiary/aromatic N) is 1. The van der Waals surface area contributed by atoms with Crippen molar-refractivity contribution in [2.45, 2.75) is 13.8 Å². The number of hydrogen-bond donors (Lipinski definition) is 1. The molecule has 0 unspecified atom stereocenters. The molecule has 0 amide bonds. The summed E-state index contributed by atoms with van der Waals surface area (Å²) in [5.74, 6) is 1.81. The first kappa shape index (κ1) is 9.77. The van der Waals surface area contributed by atoms with Crippen molar-refractivity contribution < 1.29 is 4.74 Å². The Hall–Kier alpha value is -1.77. The zero-order valence-corrected chi connectivity index (χ0v) is 8.95. The van der Waals surface area contributed by atoms with E-state index < -0.39 is 0 Å². The molecular weight excluding hydrogens is 188 g/mol. The molecular formula is C12H14N2O. The van der Waals surface area contributed by atoms with Crippen LogP contribution in [0.15, 0.2) is 30.5 Å². The van der Waals surface area contributed by atoms with Gasteiger partial charge in [-0.05, 0) is 26.0 Å². The first-order chi connectivity index (χ1) is 7.31. The minimum atomic E-state index is 0.671. The molecule has 1 heterocycles. The Morgan fingerprint density at radius 2 is 2.13 bits per heavy atom. The Balaban J connectivity index is 2.42.